The van der Waals surface area contributed by atoms with Crippen molar-refractivity contribution in [3.05, 3.63) is 34.3 Å². The molecule has 1 spiro atoms. The Kier molecular flexibility index (Phi) is 4.78. The van der Waals surface area contributed by atoms with Crippen LogP contribution >= 0.6 is 11.3 Å². The van der Waals surface area contributed by atoms with E-state index in [1.807, 2.05) is 18.2 Å². The summed E-state index contributed by atoms with van der Waals surface area (Å²) in [7, 11) is 0. The third kappa shape index (κ3) is 3.22. The zero-order chi connectivity index (χ0) is 20.2. The Hall–Kier alpha value is -1.73. The van der Waals surface area contributed by atoms with Gasteiger partial charge < -0.3 is 9.47 Å². The number of aryl methyl sites for hydroxylation is 1. The molecule has 0 N–H and O–H groups in total. The molecular formula is C22H31N5OS. The molecule has 2 atom stereocenters. The molecule has 0 radical (unpaired) electrons. The molecule has 3 fully saturated rings. The van der Waals surface area contributed by atoms with Gasteiger partial charge in [-0.25, -0.2) is 9.97 Å². The van der Waals surface area contributed by atoms with Gasteiger partial charge in [0.1, 0.15) is 0 Å². The van der Waals surface area contributed by atoms with Gasteiger partial charge in [0.2, 0.25) is 5.91 Å². The molecule has 156 valence electrons. The van der Waals surface area contributed by atoms with Gasteiger partial charge in [-0.1, -0.05) is 6.42 Å². The van der Waals surface area contributed by atoms with Crippen LogP contribution in [0.2, 0.25) is 0 Å². The lowest BCUT2D eigenvalue weighted by Gasteiger charge is -2.35. The van der Waals surface area contributed by atoms with Crippen molar-refractivity contribution >= 4 is 17.2 Å². The minimum Gasteiger partial charge on any atom is -0.336 e. The molecule has 2 aromatic rings. The Labute approximate surface area is 176 Å². The third-order valence-corrected chi connectivity index (χ3v) is 8.12. The molecule has 3 aliphatic rings. The van der Waals surface area contributed by atoms with Crippen LogP contribution in [0.3, 0.4) is 0 Å². The topological polar surface area (TPSA) is 54.3 Å². The van der Waals surface area contributed by atoms with Gasteiger partial charge in [-0.2, -0.15) is 0 Å². The maximum atomic E-state index is 13.8. The van der Waals surface area contributed by atoms with Crippen LogP contribution in [0.15, 0.2) is 17.9 Å². The summed E-state index contributed by atoms with van der Waals surface area (Å²) in [5, 5.41) is 3.15. The van der Waals surface area contributed by atoms with Gasteiger partial charge in [0, 0.05) is 49.2 Å². The SMILES string of the molecule is Cc1nc(CN2CCC3(CN(C4CCC4)CC3c3cn(C(C)C)cn3)C2=O)cs1. The maximum Gasteiger partial charge on any atom is 0.231 e. The van der Waals surface area contributed by atoms with Crippen molar-refractivity contribution < 1.29 is 4.79 Å². The smallest absolute Gasteiger partial charge is 0.231 e. The molecule has 1 saturated carbocycles. The van der Waals surface area contributed by atoms with E-state index < -0.39 is 0 Å². The molecule has 0 bridgehead atoms. The predicted octanol–water partition coefficient (Wildman–Crippen LogP) is 3.60. The van der Waals surface area contributed by atoms with Crippen molar-refractivity contribution in [2.24, 2.45) is 5.41 Å². The summed E-state index contributed by atoms with van der Waals surface area (Å²) in [6.45, 7) is 9.70. The second-order valence-corrected chi connectivity index (χ2v) is 10.5. The van der Waals surface area contributed by atoms with Gasteiger partial charge in [0.25, 0.3) is 0 Å². The summed E-state index contributed by atoms with van der Waals surface area (Å²) in [5.74, 6) is 0.506. The normalized spacial score (nSPS) is 28.2. The fourth-order valence-electron chi connectivity index (χ4n) is 5.32. The van der Waals surface area contributed by atoms with Crippen molar-refractivity contribution in [1.29, 1.82) is 0 Å². The molecule has 1 amide bonds. The van der Waals surface area contributed by atoms with Gasteiger partial charge in [-0.05, 0) is 40.0 Å². The number of amides is 1. The van der Waals surface area contributed by atoms with E-state index in [2.05, 4.69) is 39.9 Å². The first-order valence-electron chi connectivity index (χ1n) is 10.9. The summed E-state index contributed by atoms with van der Waals surface area (Å²) < 4.78 is 2.17. The fourth-order valence-corrected chi connectivity index (χ4v) is 5.93. The molecule has 1 aliphatic carbocycles. The maximum absolute atomic E-state index is 13.8. The van der Waals surface area contributed by atoms with Crippen LogP contribution in [0.5, 0.6) is 0 Å². The van der Waals surface area contributed by atoms with Gasteiger partial charge in [-0.15, -0.1) is 11.3 Å². The van der Waals surface area contributed by atoms with E-state index in [4.69, 9.17) is 4.98 Å². The first kappa shape index (κ1) is 19.2. The third-order valence-electron chi connectivity index (χ3n) is 7.30. The highest BCUT2D eigenvalue weighted by atomic mass is 32.1. The molecule has 2 saturated heterocycles. The second kappa shape index (κ2) is 7.20. The number of hydrogen-bond donors (Lipinski definition) is 0. The van der Waals surface area contributed by atoms with Gasteiger partial charge >= 0.3 is 0 Å². The van der Waals surface area contributed by atoms with Gasteiger partial charge in [0.05, 0.1) is 34.7 Å². The molecule has 2 unspecified atom stereocenters. The quantitative estimate of drug-likeness (QED) is 0.752. The van der Waals surface area contributed by atoms with Crippen LogP contribution in [-0.2, 0) is 11.3 Å². The lowest BCUT2D eigenvalue weighted by Crippen LogP contribution is -2.42. The van der Waals surface area contributed by atoms with Crippen LogP contribution in [0.4, 0.5) is 0 Å². The fraction of sp³-hybridized carbons (Fsp3) is 0.682. The molecule has 0 aromatic carbocycles. The van der Waals surface area contributed by atoms with Crippen molar-refractivity contribution in [2.75, 3.05) is 19.6 Å². The first-order valence-corrected chi connectivity index (χ1v) is 11.8. The minimum absolute atomic E-state index is 0.192. The summed E-state index contributed by atoms with van der Waals surface area (Å²) >= 11 is 1.66. The van der Waals surface area contributed by atoms with Gasteiger partial charge in [0.15, 0.2) is 0 Å². The molecule has 2 aromatic heterocycles. The number of imidazole rings is 1. The summed E-state index contributed by atoms with van der Waals surface area (Å²) in [4.78, 5) is 27.8. The molecular weight excluding hydrogens is 382 g/mol. The van der Waals surface area contributed by atoms with Crippen molar-refractivity contribution in [1.82, 2.24) is 24.3 Å². The Balaban J connectivity index is 1.43. The number of aromatic nitrogens is 3. The molecule has 6 nitrogen and oxygen atoms in total. The number of thiazole rings is 1. The highest BCUT2D eigenvalue weighted by molar-refractivity contribution is 7.09. The van der Waals surface area contributed by atoms with E-state index in [0.29, 0.717) is 24.5 Å². The van der Waals surface area contributed by atoms with Crippen LogP contribution in [0.1, 0.15) is 67.9 Å². The van der Waals surface area contributed by atoms with Crippen molar-refractivity contribution in [2.45, 2.75) is 71.0 Å². The highest BCUT2D eigenvalue weighted by Crippen LogP contribution is 2.51. The van der Waals surface area contributed by atoms with Crippen LogP contribution in [-0.4, -0.2) is 55.9 Å². The van der Waals surface area contributed by atoms with E-state index in [9.17, 15) is 4.79 Å². The lowest BCUT2D eigenvalue weighted by atomic mass is 9.75. The number of nitrogens with zero attached hydrogens (tertiary/aromatic N) is 5. The van der Waals surface area contributed by atoms with E-state index in [1.54, 1.807) is 11.3 Å². The van der Waals surface area contributed by atoms with Gasteiger partial charge in [-0.3, -0.25) is 9.69 Å². The minimum atomic E-state index is -0.323. The molecule has 4 heterocycles. The number of hydrogen-bond acceptors (Lipinski definition) is 5. The van der Waals surface area contributed by atoms with E-state index >= 15 is 0 Å². The summed E-state index contributed by atoms with van der Waals surface area (Å²) in [6.07, 6.45) is 8.93. The van der Waals surface area contributed by atoms with Crippen molar-refractivity contribution in [3.8, 4) is 0 Å². The Morgan fingerprint density at radius 1 is 1.34 bits per heavy atom. The molecule has 29 heavy (non-hydrogen) atoms. The Morgan fingerprint density at radius 3 is 2.79 bits per heavy atom. The monoisotopic (exact) mass is 413 g/mol. The lowest BCUT2D eigenvalue weighted by molar-refractivity contribution is -0.136. The number of rotatable bonds is 5. The number of carbonyl (C=O) groups is 1. The van der Waals surface area contributed by atoms with Crippen LogP contribution < -0.4 is 0 Å². The summed E-state index contributed by atoms with van der Waals surface area (Å²) in [5.41, 5.74) is 1.80. The number of likely N-dealkylation sites (tertiary alicyclic amines) is 2. The highest BCUT2D eigenvalue weighted by Gasteiger charge is 2.58. The average molecular weight is 414 g/mol. The Morgan fingerprint density at radius 2 is 2.17 bits per heavy atom. The standard InChI is InChI=1S/C22H31N5OS/c1-15(2)27-11-20(23-14-27)19-10-26(18-5-4-6-18)13-22(19)7-8-25(21(22)28)9-17-12-29-16(3)24-17/h11-12,14-15,18-19H,4-10,13H2,1-3H3. The van der Waals surface area contributed by atoms with E-state index in [1.165, 1.54) is 19.3 Å². The summed E-state index contributed by atoms with van der Waals surface area (Å²) in [6, 6.07) is 1.05. The van der Waals surface area contributed by atoms with Crippen LogP contribution in [0, 0.1) is 12.3 Å². The molecule has 5 rings (SSSR count). The second-order valence-electron chi connectivity index (χ2n) is 9.40. The predicted molar refractivity (Wildman–Crippen MR) is 114 cm³/mol. The Bertz CT molecular complexity index is 901. The number of carbonyl (C=O) groups excluding carboxylic acids is 1. The average Bonchev–Trinajstić information content (AvgIpc) is 3.39. The van der Waals surface area contributed by atoms with Crippen molar-refractivity contribution in [3.63, 3.8) is 0 Å². The van der Waals surface area contributed by atoms with Crippen LogP contribution in [0.25, 0.3) is 0 Å². The van der Waals surface area contributed by atoms with E-state index in [-0.39, 0.29) is 11.3 Å². The molecule has 2 aliphatic heterocycles. The largest absolute Gasteiger partial charge is 0.336 e. The molecule has 7 heteroatoms. The van der Waals surface area contributed by atoms with E-state index in [0.717, 1.165) is 42.5 Å². The first-order chi connectivity index (χ1) is 14.0. The zero-order valence-corrected chi connectivity index (χ0v) is 18.5. The zero-order valence-electron chi connectivity index (χ0n) is 17.7.